The number of nitrogens with one attached hydrogen (secondary N) is 1. The molecule has 0 saturated carbocycles. The summed E-state index contributed by atoms with van der Waals surface area (Å²) in [5, 5.41) is 22.3. The first-order valence-corrected chi connectivity index (χ1v) is 7.07. The van der Waals surface area contributed by atoms with Gasteiger partial charge in [0.05, 0.1) is 11.2 Å². The van der Waals surface area contributed by atoms with E-state index < -0.39 is 11.6 Å². The van der Waals surface area contributed by atoms with Crippen molar-refractivity contribution in [3.8, 4) is 0 Å². The van der Waals surface area contributed by atoms with Gasteiger partial charge in [-0.3, -0.25) is 0 Å². The Morgan fingerprint density at radius 2 is 2.19 bits per heavy atom. The normalized spacial score (nSPS) is 13.7. The summed E-state index contributed by atoms with van der Waals surface area (Å²) in [5.74, 6) is -0.514. The first kappa shape index (κ1) is 17.4. The van der Waals surface area contributed by atoms with E-state index in [0.717, 1.165) is 18.5 Å². The molecule has 1 aromatic heterocycles. The monoisotopic (exact) mass is 296 g/mol. The Morgan fingerprint density at radius 3 is 2.76 bits per heavy atom. The van der Waals surface area contributed by atoms with Gasteiger partial charge in [0.25, 0.3) is 0 Å². The SMILES string of the molecule is CCCc1cc(C(=O)O)cc(NCC(C)(O)CCOC)n1. The van der Waals surface area contributed by atoms with Crippen LogP contribution in [0.15, 0.2) is 12.1 Å². The average Bonchev–Trinajstić information content (AvgIpc) is 2.43. The Morgan fingerprint density at radius 1 is 1.48 bits per heavy atom. The van der Waals surface area contributed by atoms with Crippen molar-refractivity contribution in [2.45, 2.75) is 38.7 Å². The molecule has 0 bridgehead atoms. The maximum atomic E-state index is 11.1. The molecular formula is C15H24N2O4. The number of ether oxygens (including phenoxy) is 1. The first-order chi connectivity index (χ1) is 9.88. The van der Waals surface area contributed by atoms with E-state index in [4.69, 9.17) is 9.84 Å². The minimum atomic E-state index is -0.982. The summed E-state index contributed by atoms with van der Waals surface area (Å²) in [6.07, 6.45) is 2.09. The highest BCUT2D eigenvalue weighted by Gasteiger charge is 2.20. The topological polar surface area (TPSA) is 91.7 Å². The lowest BCUT2D eigenvalue weighted by Gasteiger charge is -2.23. The molecule has 0 aliphatic heterocycles. The van der Waals surface area contributed by atoms with Gasteiger partial charge in [-0.05, 0) is 25.5 Å². The molecule has 0 radical (unpaired) electrons. The van der Waals surface area contributed by atoms with E-state index in [-0.39, 0.29) is 12.1 Å². The summed E-state index contributed by atoms with van der Waals surface area (Å²) >= 11 is 0. The van der Waals surface area contributed by atoms with E-state index in [1.165, 1.54) is 6.07 Å². The lowest BCUT2D eigenvalue weighted by molar-refractivity contribution is 0.0357. The van der Waals surface area contributed by atoms with Gasteiger partial charge in [0.2, 0.25) is 0 Å². The predicted octanol–water partition coefficient (Wildman–Crippen LogP) is 1.93. The summed E-state index contributed by atoms with van der Waals surface area (Å²) in [4.78, 5) is 15.5. The fraction of sp³-hybridized carbons (Fsp3) is 0.600. The molecule has 1 unspecified atom stereocenters. The van der Waals surface area contributed by atoms with Gasteiger partial charge in [0.15, 0.2) is 0 Å². The number of hydrogen-bond donors (Lipinski definition) is 3. The van der Waals surface area contributed by atoms with Gasteiger partial charge < -0.3 is 20.3 Å². The van der Waals surface area contributed by atoms with Crippen molar-refractivity contribution in [2.75, 3.05) is 25.6 Å². The minimum absolute atomic E-state index is 0.201. The van der Waals surface area contributed by atoms with Crippen LogP contribution in [0.4, 0.5) is 5.82 Å². The number of carboxylic acid groups (broad SMARTS) is 1. The number of methoxy groups -OCH3 is 1. The zero-order valence-electron chi connectivity index (χ0n) is 12.8. The Hall–Kier alpha value is -1.66. The maximum absolute atomic E-state index is 11.1. The van der Waals surface area contributed by atoms with Gasteiger partial charge in [-0.2, -0.15) is 0 Å². The van der Waals surface area contributed by atoms with Crippen molar-refractivity contribution in [1.29, 1.82) is 0 Å². The van der Waals surface area contributed by atoms with Gasteiger partial charge >= 0.3 is 5.97 Å². The van der Waals surface area contributed by atoms with E-state index in [0.29, 0.717) is 18.8 Å². The molecule has 0 aromatic carbocycles. The van der Waals surface area contributed by atoms with Crippen LogP contribution in [0.3, 0.4) is 0 Å². The molecule has 0 amide bonds. The van der Waals surface area contributed by atoms with Crippen LogP contribution in [0.25, 0.3) is 0 Å². The number of aromatic carboxylic acids is 1. The molecule has 118 valence electrons. The number of hydrogen-bond acceptors (Lipinski definition) is 5. The van der Waals surface area contributed by atoms with Crippen LogP contribution >= 0.6 is 0 Å². The van der Waals surface area contributed by atoms with Crippen LogP contribution in [0.5, 0.6) is 0 Å². The number of rotatable bonds is 9. The number of nitrogens with zero attached hydrogens (tertiary/aromatic N) is 1. The minimum Gasteiger partial charge on any atom is -0.478 e. The summed E-state index contributed by atoms with van der Waals surface area (Å²) in [6, 6.07) is 3.06. The molecule has 1 heterocycles. The van der Waals surface area contributed by atoms with Crippen molar-refractivity contribution >= 4 is 11.8 Å². The average molecular weight is 296 g/mol. The van der Waals surface area contributed by atoms with Gasteiger partial charge in [-0.15, -0.1) is 0 Å². The van der Waals surface area contributed by atoms with Crippen molar-refractivity contribution in [2.24, 2.45) is 0 Å². The molecule has 1 rings (SSSR count). The Bertz CT molecular complexity index is 475. The molecule has 0 aliphatic rings. The number of aryl methyl sites for hydroxylation is 1. The molecule has 0 saturated heterocycles. The van der Waals surface area contributed by atoms with E-state index in [1.807, 2.05) is 6.92 Å². The van der Waals surface area contributed by atoms with E-state index >= 15 is 0 Å². The fourth-order valence-electron chi connectivity index (χ4n) is 1.88. The molecule has 21 heavy (non-hydrogen) atoms. The van der Waals surface area contributed by atoms with Crippen molar-refractivity contribution < 1.29 is 19.7 Å². The quantitative estimate of drug-likeness (QED) is 0.645. The second kappa shape index (κ2) is 7.95. The predicted molar refractivity (Wildman–Crippen MR) is 80.8 cm³/mol. The number of aliphatic hydroxyl groups is 1. The molecule has 3 N–H and O–H groups in total. The van der Waals surface area contributed by atoms with Crippen molar-refractivity contribution in [3.05, 3.63) is 23.4 Å². The second-order valence-corrected chi connectivity index (χ2v) is 5.38. The molecule has 1 atom stereocenters. The third-order valence-corrected chi connectivity index (χ3v) is 3.13. The molecule has 1 aromatic rings. The second-order valence-electron chi connectivity index (χ2n) is 5.38. The Labute approximate surface area is 125 Å². The number of carbonyl (C=O) groups is 1. The molecule has 6 heteroatoms. The highest BCUT2D eigenvalue weighted by atomic mass is 16.5. The van der Waals surface area contributed by atoms with Crippen LogP contribution < -0.4 is 5.32 Å². The largest absolute Gasteiger partial charge is 0.478 e. The zero-order valence-corrected chi connectivity index (χ0v) is 12.8. The lowest BCUT2D eigenvalue weighted by Crippen LogP contribution is -2.35. The highest BCUT2D eigenvalue weighted by molar-refractivity contribution is 5.88. The molecular weight excluding hydrogens is 272 g/mol. The van der Waals surface area contributed by atoms with Gasteiger partial charge in [0.1, 0.15) is 5.82 Å². The third-order valence-electron chi connectivity index (χ3n) is 3.13. The summed E-state index contributed by atoms with van der Waals surface area (Å²) < 4.78 is 4.95. The van der Waals surface area contributed by atoms with E-state index in [9.17, 15) is 9.90 Å². The number of aromatic nitrogens is 1. The van der Waals surface area contributed by atoms with Crippen LogP contribution in [-0.4, -0.2) is 47.0 Å². The number of carboxylic acids is 1. The zero-order chi connectivity index (χ0) is 15.9. The lowest BCUT2D eigenvalue weighted by atomic mass is 10.0. The van der Waals surface area contributed by atoms with Crippen molar-refractivity contribution in [3.63, 3.8) is 0 Å². The molecule has 0 spiro atoms. The van der Waals surface area contributed by atoms with E-state index in [1.54, 1.807) is 20.1 Å². The van der Waals surface area contributed by atoms with Gasteiger partial charge in [-0.1, -0.05) is 13.3 Å². The van der Waals surface area contributed by atoms with Crippen LogP contribution in [0.2, 0.25) is 0 Å². The summed E-state index contributed by atoms with van der Waals surface area (Å²) in [5.41, 5.74) is -0.00844. The van der Waals surface area contributed by atoms with Crippen molar-refractivity contribution in [1.82, 2.24) is 4.98 Å². The molecule has 0 fully saturated rings. The highest BCUT2D eigenvalue weighted by Crippen LogP contribution is 2.15. The fourth-order valence-corrected chi connectivity index (χ4v) is 1.88. The summed E-state index contributed by atoms with van der Waals surface area (Å²) in [6.45, 7) is 4.45. The smallest absolute Gasteiger partial charge is 0.335 e. The first-order valence-electron chi connectivity index (χ1n) is 7.07. The van der Waals surface area contributed by atoms with Gasteiger partial charge in [0, 0.05) is 32.4 Å². The van der Waals surface area contributed by atoms with Crippen LogP contribution in [-0.2, 0) is 11.2 Å². The van der Waals surface area contributed by atoms with Crippen LogP contribution in [0.1, 0.15) is 42.7 Å². The molecule has 0 aliphatic carbocycles. The van der Waals surface area contributed by atoms with E-state index in [2.05, 4.69) is 10.3 Å². The standard InChI is InChI=1S/C15H24N2O4/c1-4-5-12-8-11(14(18)19)9-13(17-12)16-10-15(2,20)6-7-21-3/h8-9,20H,4-7,10H2,1-3H3,(H,16,17)(H,18,19). The molecule has 6 nitrogen and oxygen atoms in total. The Balaban J connectivity index is 2.79. The van der Waals surface area contributed by atoms with Gasteiger partial charge in [-0.25, -0.2) is 9.78 Å². The maximum Gasteiger partial charge on any atom is 0.335 e. The third kappa shape index (κ3) is 6.10. The summed E-state index contributed by atoms with van der Waals surface area (Å²) in [7, 11) is 1.58. The number of pyridine rings is 1. The Kier molecular flexibility index (Phi) is 6.58. The number of anilines is 1. The van der Waals surface area contributed by atoms with Crippen LogP contribution in [0, 0.1) is 0 Å².